The summed E-state index contributed by atoms with van der Waals surface area (Å²) in [5.41, 5.74) is 2.19. The number of aryl methyl sites for hydroxylation is 1. The third-order valence-corrected chi connectivity index (χ3v) is 5.08. The number of aromatic hydroxyl groups is 1. The maximum Gasteiger partial charge on any atom is 0.220 e. The molecule has 5 nitrogen and oxygen atoms in total. The van der Waals surface area contributed by atoms with Crippen molar-refractivity contribution in [2.75, 3.05) is 39.3 Å². The van der Waals surface area contributed by atoms with Crippen LogP contribution in [0, 0.1) is 0 Å². The number of carbonyl (C=O) groups excluding carboxylic acids is 1. The highest BCUT2D eigenvalue weighted by Crippen LogP contribution is 2.17. The summed E-state index contributed by atoms with van der Waals surface area (Å²) < 4.78 is 0. The number of carbonyl (C=O) groups is 1. The Morgan fingerprint density at radius 1 is 0.926 bits per heavy atom. The highest BCUT2D eigenvalue weighted by atomic mass is 16.3. The number of phenols is 1. The predicted octanol–water partition coefficient (Wildman–Crippen LogP) is 2.26. The fourth-order valence-electron chi connectivity index (χ4n) is 3.42. The second kappa shape index (κ2) is 10.1. The van der Waals surface area contributed by atoms with Gasteiger partial charge in [0.1, 0.15) is 5.75 Å². The van der Waals surface area contributed by atoms with Gasteiger partial charge < -0.3 is 10.4 Å². The monoisotopic (exact) mass is 367 g/mol. The number of phenolic OH excluding ortho intramolecular Hbond substituents is 1. The Bertz CT molecular complexity index is 713. The van der Waals surface area contributed by atoms with E-state index >= 15 is 0 Å². The van der Waals surface area contributed by atoms with Crippen molar-refractivity contribution in [3.63, 3.8) is 0 Å². The van der Waals surface area contributed by atoms with Gasteiger partial charge in [-0.3, -0.25) is 14.6 Å². The molecule has 27 heavy (non-hydrogen) atoms. The molecular formula is C22H29N3O2. The highest BCUT2D eigenvalue weighted by Gasteiger charge is 2.16. The predicted molar refractivity (Wildman–Crippen MR) is 108 cm³/mol. The quantitative estimate of drug-likeness (QED) is 0.751. The van der Waals surface area contributed by atoms with E-state index < -0.39 is 0 Å². The summed E-state index contributed by atoms with van der Waals surface area (Å²) in [4.78, 5) is 16.9. The summed E-state index contributed by atoms with van der Waals surface area (Å²) in [5.74, 6) is 0.305. The van der Waals surface area contributed by atoms with E-state index in [0.29, 0.717) is 19.4 Å². The summed E-state index contributed by atoms with van der Waals surface area (Å²) >= 11 is 0. The first-order chi connectivity index (χ1) is 13.2. The standard InChI is InChI=1S/C22H29N3O2/c26-21-9-5-4-8-20(21)10-11-22(27)23-12-13-24-14-16-25(17-15-24)18-19-6-2-1-3-7-19/h1-9,26H,10-18H2,(H,23,27). The van der Waals surface area contributed by atoms with E-state index in [2.05, 4.69) is 45.4 Å². The summed E-state index contributed by atoms with van der Waals surface area (Å²) in [6.07, 6.45) is 0.971. The zero-order chi connectivity index (χ0) is 18.9. The van der Waals surface area contributed by atoms with Crippen molar-refractivity contribution in [1.29, 1.82) is 0 Å². The van der Waals surface area contributed by atoms with Crippen LogP contribution >= 0.6 is 0 Å². The van der Waals surface area contributed by atoms with Gasteiger partial charge in [-0.15, -0.1) is 0 Å². The molecule has 0 radical (unpaired) electrons. The number of nitrogens with one attached hydrogen (secondary N) is 1. The van der Waals surface area contributed by atoms with Crippen molar-refractivity contribution in [2.45, 2.75) is 19.4 Å². The second-order valence-corrected chi connectivity index (χ2v) is 7.08. The largest absolute Gasteiger partial charge is 0.508 e. The molecule has 2 aromatic carbocycles. The molecule has 0 spiro atoms. The number of hydrogen-bond acceptors (Lipinski definition) is 4. The molecule has 0 aliphatic carbocycles. The first-order valence-electron chi connectivity index (χ1n) is 9.73. The van der Waals surface area contributed by atoms with Crippen LogP contribution in [0.25, 0.3) is 0 Å². The van der Waals surface area contributed by atoms with E-state index in [1.54, 1.807) is 12.1 Å². The van der Waals surface area contributed by atoms with Gasteiger partial charge in [-0.2, -0.15) is 0 Å². The van der Waals surface area contributed by atoms with E-state index in [9.17, 15) is 9.90 Å². The third-order valence-electron chi connectivity index (χ3n) is 5.08. The molecule has 3 rings (SSSR count). The molecule has 0 unspecified atom stereocenters. The van der Waals surface area contributed by atoms with Crippen LogP contribution in [0.5, 0.6) is 5.75 Å². The van der Waals surface area contributed by atoms with E-state index in [0.717, 1.165) is 44.8 Å². The average Bonchev–Trinajstić information content (AvgIpc) is 2.69. The van der Waals surface area contributed by atoms with Gasteiger partial charge in [0.2, 0.25) is 5.91 Å². The first kappa shape index (κ1) is 19.4. The minimum atomic E-state index is 0.0426. The molecule has 2 aromatic rings. The van der Waals surface area contributed by atoms with Gasteiger partial charge in [-0.1, -0.05) is 48.5 Å². The second-order valence-electron chi connectivity index (χ2n) is 7.08. The summed E-state index contributed by atoms with van der Waals surface area (Å²) in [5, 5.41) is 12.7. The summed E-state index contributed by atoms with van der Waals surface area (Å²) in [6.45, 7) is 6.80. The fourth-order valence-corrected chi connectivity index (χ4v) is 3.42. The molecule has 1 amide bonds. The lowest BCUT2D eigenvalue weighted by molar-refractivity contribution is -0.121. The van der Waals surface area contributed by atoms with Crippen LogP contribution in [-0.2, 0) is 17.8 Å². The van der Waals surface area contributed by atoms with Gasteiger partial charge in [0.05, 0.1) is 0 Å². The molecule has 1 fully saturated rings. The smallest absolute Gasteiger partial charge is 0.220 e. The van der Waals surface area contributed by atoms with E-state index in [4.69, 9.17) is 0 Å². The van der Waals surface area contributed by atoms with E-state index in [1.165, 1.54) is 5.56 Å². The lowest BCUT2D eigenvalue weighted by Crippen LogP contribution is -2.48. The van der Waals surface area contributed by atoms with Crippen molar-refractivity contribution in [2.24, 2.45) is 0 Å². The molecular weight excluding hydrogens is 338 g/mol. The number of nitrogens with zero attached hydrogens (tertiary/aromatic N) is 2. The third kappa shape index (κ3) is 6.38. The molecule has 0 saturated carbocycles. The van der Waals surface area contributed by atoms with Crippen molar-refractivity contribution < 1.29 is 9.90 Å². The maximum atomic E-state index is 12.0. The molecule has 5 heteroatoms. The van der Waals surface area contributed by atoms with Crippen LogP contribution in [0.4, 0.5) is 0 Å². The zero-order valence-electron chi connectivity index (χ0n) is 15.8. The SMILES string of the molecule is O=C(CCc1ccccc1O)NCCN1CCN(Cc2ccccc2)CC1. The minimum absolute atomic E-state index is 0.0426. The van der Waals surface area contributed by atoms with Gasteiger partial charge in [0.15, 0.2) is 0 Å². The van der Waals surface area contributed by atoms with Crippen LogP contribution in [0.3, 0.4) is 0 Å². The Morgan fingerprint density at radius 2 is 1.59 bits per heavy atom. The minimum Gasteiger partial charge on any atom is -0.508 e. The molecule has 2 N–H and O–H groups in total. The van der Waals surface area contributed by atoms with Crippen molar-refractivity contribution in [3.05, 3.63) is 65.7 Å². The molecule has 0 atom stereocenters. The van der Waals surface area contributed by atoms with Crippen molar-refractivity contribution in [1.82, 2.24) is 15.1 Å². The number of piperazine rings is 1. The summed E-state index contributed by atoms with van der Waals surface area (Å²) in [6, 6.07) is 17.8. The lowest BCUT2D eigenvalue weighted by atomic mass is 10.1. The topological polar surface area (TPSA) is 55.8 Å². The highest BCUT2D eigenvalue weighted by molar-refractivity contribution is 5.76. The molecule has 1 aliphatic rings. The Balaban J connectivity index is 1.29. The number of rotatable bonds is 8. The number of benzene rings is 2. The zero-order valence-corrected chi connectivity index (χ0v) is 15.8. The van der Waals surface area contributed by atoms with E-state index in [1.807, 2.05) is 12.1 Å². The van der Waals surface area contributed by atoms with Crippen LogP contribution in [0.2, 0.25) is 0 Å². The Kier molecular flexibility index (Phi) is 7.25. The molecule has 1 aliphatic heterocycles. The number of hydrogen-bond donors (Lipinski definition) is 2. The molecule has 0 bridgehead atoms. The first-order valence-corrected chi connectivity index (χ1v) is 9.73. The van der Waals surface area contributed by atoms with Gasteiger partial charge in [0, 0.05) is 52.2 Å². The Labute approximate surface area is 161 Å². The fraction of sp³-hybridized carbons (Fsp3) is 0.409. The molecule has 144 valence electrons. The molecule has 0 aromatic heterocycles. The van der Waals surface area contributed by atoms with Gasteiger partial charge >= 0.3 is 0 Å². The average molecular weight is 367 g/mol. The maximum absolute atomic E-state index is 12.0. The molecule has 1 saturated heterocycles. The van der Waals surface area contributed by atoms with Crippen molar-refractivity contribution >= 4 is 5.91 Å². The number of para-hydroxylation sites is 1. The van der Waals surface area contributed by atoms with Gasteiger partial charge in [-0.05, 0) is 23.6 Å². The number of amides is 1. The van der Waals surface area contributed by atoms with Crippen LogP contribution in [0.1, 0.15) is 17.5 Å². The Morgan fingerprint density at radius 3 is 2.33 bits per heavy atom. The Hall–Kier alpha value is -2.37. The van der Waals surface area contributed by atoms with Crippen molar-refractivity contribution in [3.8, 4) is 5.75 Å². The van der Waals surface area contributed by atoms with Gasteiger partial charge in [-0.25, -0.2) is 0 Å². The van der Waals surface area contributed by atoms with Crippen LogP contribution in [0.15, 0.2) is 54.6 Å². The van der Waals surface area contributed by atoms with E-state index in [-0.39, 0.29) is 11.7 Å². The normalized spacial score (nSPS) is 15.6. The summed E-state index contributed by atoms with van der Waals surface area (Å²) in [7, 11) is 0. The van der Waals surface area contributed by atoms with Crippen LogP contribution < -0.4 is 5.32 Å². The van der Waals surface area contributed by atoms with Crippen LogP contribution in [-0.4, -0.2) is 60.1 Å². The van der Waals surface area contributed by atoms with Gasteiger partial charge in [0.25, 0.3) is 0 Å². The lowest BCUT2D eigenvalue weighted by Gasteiger charge is -2.34. The molecule has 1 heterocycles.